The number of thiazole rings is 1. The summed E-state index contributed by atoms with van der Waals surface area (Å²) < 4.78 is 10.5. The number of aromatic nitrogens is 1. The van der Waals surface area contributed by atoms with Gasteiger partial charge in [-0.1, -0.05) is 0 Å². The van der Waals surface area contributed by atoms with Gasteiger partial charge in [0.1, 0.15) is 0 Å². The highest BCUT2D eigenvalue weighted by molar-refractivity contribution is 7.13. The Bertz CT molecular complexity index is 684. The summed E-state index contributed by atoms with van der Waals surface area (Å²) in [4.78, 5) is 15.0. The lowest BCUT2D eigenvalue weighted by atomic mass is 10.2. The third kappa shape index (κ3) is 4.45. The van der Waals surface area contributed by atoms with Gasteiger partial charge in [-0.05, 0) is 30.7 Å². The van der Waals surface area contributed by atoms with Gasteiger partial charge in [-0.2, -0.15) is 5.10 Å². The van der Waals surface area contributed by atoms with Crippen LogP contribution in [0.15, 0.2) is 28.7 Å². The number of nitrogens with zero attached hydrogens (tertiary/aromatic N) is 2. The average molecular weight is 320 g/mol. The monoisotopic (exact) mass is 320 g/mol. The molecule has 0 radical (unpaired) electrons. The first kappa shape index (κ1) is 15.8. The van der Waals surface area contributed by atoms with Crippen molar-refractivity contribution in [3.63, 3.8) is 0 Å². The predicted octanol–water partition coefficient (Wildman–Crippen LogP) is 1.77. The number of rotatable bonds is 7. The molecule has 7 nitrogen and oxygen atoms in total. The molecule has 0 aliphatic heterocycles. The van der Waals surface area contributed by atoms with Gasteiger partial charge in [0.15, 0.2) is 18.1 Å². The van der Waals surface area contributed by atoms with E-state index in [0.717, 1.165) is 16.4 Å². The second kappa shape index (κ2) is 7.41. The Hall–Kier alpha value is -2.61. The zero-order valence-electron chi connectivity index (χ0n) is 12.2. The van der Waals surface area contributed by atoms with Gasteiger partial charge in [0.25, 0.3) is 5.91 Å². The normalized spacial score (nSPS) is 10.6. The van der Waals surface area contributed by atoms with E-state index >= 15 is 0 Å². The zero-order chi connectivity index (χ0) is 15.9. The summed E-state index contributed by atoms with van der Waals surface area (Å²) >= 11 is 1.48. The maximum atomic E-state index is 10.7. The molecular formula is C14H16N4O3S. The number of anilines is 1. The number of aryl methyl sites for hydroxylation is 1. The molecule has 0 saturated heterocycles. The molecule has 1 aromatic heterocycles. The number of ether oxygens (including phenoxy) is 2. The SMILES string of the molecule is COc1cc(C=NNc2nc(C)cs2)ccc1OCC(N)=O. The zero-order valence-corrected chi connectivity index (χ0v) is 13.0. The molecule has 2 rings (SSSR count). The number of amides is 1. The van der Waals surface area contributed by atoms with Gasteiger partial charge in [-0.25, -0.2) is 4.98 Å². The van der Waals surface area contributed by atoms with Crippen molar-refractivity contribution < 1.29 is 14.3 Å². The third-order valence-electron chi connectivity index (χ3n) is 2.55. The first-order valence-electron chi connectivity index (χ1n) is 6.39. The van der Waals surface area contributed by atoms with Crippen LogP contribution in [0.1, 0.15) is 11.3 Å². The molecule has 2 aromatic rings. The van der Waals surface area contributed by atoms with Gasteiger partial charge in [-0.3, -0.25) is 10.2 Å². The lowest BCUT2D eigenvalue weighted by Crippen LogP contribution is -2.20. The van der Waals surface area contributed by atoms with E-state index in [2.05, 4.69) is 15.5 Å². The van der Waals surface area contributed by atoms with Crippen molar-refractivity contribution in [2.75, 3.05) is 19.1 Å². The summed E-state index contributed by atoms with van der Waals surface area (Å²) in [5.41, 5.74) is 9.65. The van der Waals surface area contributed by atoms with Gasteiger partial charge in [0.2, 0.25) is 5.13 Å². The number of benzene rings is 1. The molecule has 0 aliphatic rings. The number of hydrogen-bond donors (Lipinski definition) is 2. The van der Waals surface area contributed by atoms with Crippen molar-refractivity contribution in [1.82, 2.24) is 4.98 Å². The Morgan fingerprint density at radius 1 is 1.50 bits per heavy atom. The lowest BCUT2D eigenvalue weighted by Gasteiger charge is -2.09. The van der Waals surface area contributed by atoms with Crippen LogP contribution >= 0.6 is 11.3 Å². The van der Waals surface area contributed by atoms with Crippen molar-refractivity contribution >= 4 is 28.6 Å². The van der Waals surface area contributed by atoms with E-state index in [4.69, 9.17) is 15.2 Å². The fourth-order valence-corrected chi connectivity index (χ4v) is 2.24. The van der Waals surface area contributed by atoms with E-state index < -0.39 is 5.91 Å². The average Bonchev–Trinajstić information content (AvgIpc) is 2.91. The molecule has 8 heteroatoms. The Kier molecular flexibility index (Phi) is 5.31. The molecule has 1 amide bonds. The van der Waals surface area contributed by atoms with Crippen LogP contribution in [-0.2, 0) is 4.79 Å². The van der Waals surface area contributed by atoms with Crippen LogP contribution in [0.4, 0.5) is 5.13 Å². The number of nitrogens with two attached hydrogens (primary N) is 1. The molecule has 0 unspecified atom stereocenters. The molecule has 0 atom stereocenters. The molecule has 0 bridgehead atoms. The number of nitrogens with one attached hydrogen (secondary N) is 1. The van der Waals surface area contributed by atoms with Crippen LogP contribution in [0.25, 0.3) is 0 Å². The highest BCUT2D eigenvalue weighted by Gasteiger charge is 2.06. The Morgan fingerprint density at radius 3 is 2.95 bits per heavy atom. The summed E-state index contributed by atoms with van der Waals surface area (Å²) in [7, 11) is 1.52. The molecule has 0 fully saturated rings. The fourth-order valence-electron chi connectivity index (χ4n) is 1.60. The lowest BCUT2D eigenvalue weighted by molar-refractivity contribution is -0.119. The number of carbonyl (C=O) groups is 1. The van der Waals surface area contributed by atoms with Crippen LogP contribution in [0, 0.1) is 6.92 Å². The van der Waals surface area contributed by atoms with E-state index in [0.29, 0.717) is 11.5 Å². The van der Waals surface area contributed by atoms with Crippen molar-refractivity contribution in [3.05, 3.63) is 34.8 Å². The van der Waals surface area contributed by atoms with Crippen LogP contribution in [0.5, 0.6) is 11.5 Å². The van der Waals surface area contributed by atoms with Crippen LogP contribution in [-0.4, -0.2) is 30.8 Å². The number of methoxy groups -OCH3 is 1. The van der Waals surface area contributed by atoms with Crippen LogP contribution in [0.2, 0.25) is 0 Å². The maximum absolute atomic E-state index is 10.7. The van der Waals surface area contributed by atoms with E-state index in [9.17, 15) is 4.79 Å². The minimum Gasteiger partial charge on any atom is -0.493 e. The van der Waals surface area contributed by atoms with E-state index in [1.165, 1.54) is 18.4 Å². The first-order chi connectivity index (χ1) is 10.6. The summed E-state index contributed by atoms with van der Waals surface area (Å²) in [6.45, 7) is 1.72. The van der Waals surface area contributed by atoms with E-state index in [1.54, 1.807) is 24.4 Å². The highest BCUT2D eigenvalue weighted by atomic mass is 32.1. The Morgan fingerprint density at radius 2 is 2.32 bits per heavy atom. The fraction of sp³-hybridized carbons (Fsp3) is 0.214. The highest BCUT2D eigenvalue weighted by Crippen LogP contribution is 2.27. The molecule has 1 heterocycles. The van der Waals surface area contributed by atoms with E-state index in [-0.39, 0.29) is 6.61 Å². The third-order valence-corrected chi connectivity index (χ3v) is 3.42. The second-order valence-corrected chi connectivity index (χ2v) is 5.19. The van der Waals surface area contributed by atoms with Crippen LogP contribution in [0.3, 0.4) is 0 Å². The smallest absolute Gasteiger partial charge is 0.255 e. The summed E-state index contributed by atoms with van der Waals surface area (Å²) in [6, 6.07) is 5.22. The maximum Gasteiger partial charge on any atom is 0.255 e. The molecule has 116 valence electrons. The molecule has 0 saturated carbocycles. The van der Waals surface area contributed by atoms with Crippen LogP contribution < -0.4 is 20.6 Å². The molecule has 3 N–H and O–H groups in total. The summed E-state index contributed by atoms with van der Waals surface area (Å²) in [6.07, 6.45) is 1.64. The van der Waals surface area contributed by atoms with Crippen molar-refractivity contribution in [3.8, 4) is 11.5 Å². The largest absolute Gasteiger partial charge is 0.493 e. The predicted molar refractivity (Wildman–Crippen MR) is 85.8 cm³/mol. The molecular weight excluding hydrogens is 304 g/mol. The molecule has 0 aliphatic carbocycles. The minimum atomic E-state index is -0.546. The quantitative estimate of drug-likeness (QED) is 0.598. The summed E-state index contributed by atoms with van der Waals surface area (Å²) in [5.74, 6) is 0.396. The Labute approximate surface area is 131 Å². The van der Waals surface area contributed by atoms with Gasteiger partial charge < -0.3 is 15.2 Å². The second-order valence-electron chi connectivity index (χ2n) is 4.33. The standard InChI is InChI=1S/C14H16N4O3S/c1-9-8-22-14(17-9)18-16-6-10-3-4-11(12(5-10)20-2)21-7-13(15)19/h3-6,8H,7H2,1-2H3,(H2,15,19)(H,17,18). The summed E-state index contributed by atoms with van der Waals surface area (Å²) in [5, 5.41) is 6.77. The van der Waals surface area contributed by atoms with Gasteiger partial charge >= 0.3 is 0 Å². The molecule has 22 heavy (non-hydrogen) atoms. The van der Waals surface area contributed by atoms with Gasteiger partial charge in [0, 0.05) is 5.38 Å². The van der Waals surface area contributed by atoms with Crippen molar-refractivity contribution in [2.45, 2.75) is 6.92 Å². The number of primary amides is 1. The molecule has 0 spiro atoms. The van der Waals surface area contributed by atoms with Gasteiger partial charge in [0.05, 0.1) is 19.0 Å². The number of carbonyl (C=O) groups excluding carboxylic acids is 1. The van der Waals surface area contributed by atoms with Gasteiger partial charge in [-0.15, -0.1) is 11.3 Å². The van der Waals surface area contributed by atoms with Crippen molar-refractivity contribution in [2.24, 2.45) is 10.8 Å². The topological polar surface area (TPSA) is 98.8 Å². The minimum absolute atomic E-state index is 0.200. The van der Waals surface area contributed by atoms with E-state index in [1.807, 2.05) is 12.3 Å². The first-order valence-corrected chi connectivity index (χ1v) is 7.27. The van der Waals surface area contributed by atoms with Crippen molar-refractivity contribution in [1.29, 1.82) is 0 Å². The number of hydrogen-bond acceptors (Lipinski definition) is 7. The number of hydrazone groups is 1. The molecule has 1 aromatic carbocycles. The Balaban J connectivity index is 2.03.